The molecule has 3 atom stereocenters. The van der Waals surface area contributed by atoms with Crippen LogP contribution in [0.2, 0.25) is 0 Å². The van der Waals surface area contributed by atoms with E-state index >= 15 is 0 Å². The van der Waals surface area contributed by atoms with Crippen LogP contribution < -0.4 is 0 Å². The highest BCUT2D eigenvalue weighted by Crippen LogP contribution is 2.51. The molecule has 3 aliphatic carbocycles. The van der Waals surface area contributed by atoms with Gasteiger partial charge in [-0.3, -0.25) is 9.59 Å². The van der Waals surface area contributed by atoms with Gasteiger partial charge in [-0.15, -0.1) is 0 Å². The lowest BCUT2D eigenvalue weighted by Gasteiger charge is -2.45. The fourth-order valence-corrected chi connectivity index (χ4v) is 4.54. The highest BCUT2D eigenvalue weighted by molar-refractivity contribution is 5.93. The zero-order chi connectivity index (χ0) is 15.2. The standard InChI is InChI=1S/C19H24O2/c1-4-18-17-7-5-13-11-14(21)6-8-15(13)16(17)9-10-19(18,3)12(2)20/h9-11,17-18H,4-8H2,1-3H3/t17-,18+,19-/m1/s1. The van der Waals surface area contributed by atoms with Crippen LogP contribution >= 0.6 is 0 Å². The molecule has 0 heterocycles. The van der Waals surface area contributed by atoms with Crippen LogP contribution in [0.4, 0.5) is 0 Å². The third-order valence-corrected chi connectivity index (χ3v) is 5.88. The second-order valence-electron chi connectivity index (χ2n) is 6.90. The summed E-state index contributed by atoms with van der Waals surface area (Å²) in [5.74, 6) is 1.42. The highest BCUT2D eigenvalue weighted by Gasteiger charge is 2.45. The van der Waals surface area contributed by atoms with E-state index in [9.17, 15) is 9.59 Å². The van der Waals surface area contributed by atoms with Crippen molar-refractivity contribution in [3.8, 4) is 0 Å². The Morgan fingerprint density at radius 3 is 2.76 bits per heavy atom. The molecule has 0 aliphatic heterocycles. The molecule has 0 unspecified atom stereocenters. The van der Waals surface area contributed by atoms with Crippen LogP contribution in [0.25, 0.3) is 0 Å². The summed E-state index contributed by atoms with van der Waals surface area (Å²) in [4.78, 5) is 23.8. The summed E-state index contributed by atoms with van der Waals surface area (Å²) in [5.41, 5.74) is 3.73. The SMILES string of the molecule is CC[C@H]1[C@@H]2CCC3=CC(=O)CCC3=C2C=C[C@]1(C)C(C)=O. The fraction of sp³-hybridized carbons (Fsp3) is 0.579. The van der Waals surface area contributed by atoms with Crippen LogP contribution in [0.15, 0.2) is 34.9 Å². The number of ketones is 2. The molecule has 2 heteroatoms. The van der Waals surface area contributed by atoms with E-state index in [2.05, 4.69) is 26.0 Å². The first-order chi connectivity index (χ1) is 9.97. The van der Waals surface area contributed by atoms with E-state index in [0.717, 1.165) is 25.7 Å². The number of rotatable bonds is 2. The molecule has 0 aromatic heterocycles. The Balaban J connectivity index is 2.10. The van der Waals surface area contributed by atoms with Gasteiger partial charge in [0.25, 0.3) is 0 Å². The molecule has 0 saturated carbocycles. The van der Waals surface area contributed by atoms with Crippen LogP contribution in [0, 0.1) is 17.3 Å². The number of allylic oxidation sites excluding steroid dienone is 6. The molecule has 0 aromatic carbocycles. The Kier molecular flexibility index (Phi) is 3.51. The zero-order valence-electron chi connectivity index (χ0n) is 13.2. The maximum Gasteiger partial charge on any atom is 0.156 e. The first kappa shape index (κ1) is 14.5. The molecule has 0 radical (unpaired) electrons. The van der Waals surface area contributed by atoms with Gasteiger partial charge in [0.15, 0.2) is 5.78 Å². The number of fused-ring (bicyclic) bond motifs is 2. The van der Waals surface area contributed by atoms with Gasteiger partial charge in [0.05, 0.1) is 0 Å². The summed E-state index contributed by atoms with van der Waals surface area (Å²) in [5, 5.41) is 0. The topological polar surface area (TPSA) is 34.1 Å². The molecule has 3 aliphatic rings. The van der Waals surface area contributed by atoms with E-state index in [-0.39, 0.29) is 17.0 Å². The summed E-state index contributed by atoms with van der Waals surface area (Å²) in [7, 11) is 0. The van der Waals surface area contributed by atoms with Crippen molar-refractivity contribution in [2.24, 2.45) is 17.3 Å². The first-order valence-corrected chi connectivity index (χ1v) is 8.14. The molecule has 0 aromatic rings. The number of carbonyl (C=O) groups is 2. The third-order valence-electron chi connectivity index (χ3n) is 5.88. The Labute approximate surface area is 127 Å². The number of hydrogen-bond acceptors (Lipinski definition) is 2. The lowest BCUT2D eigenvalue weighted by atomic mass is 9.58. The van der Waals surface area contributed by atoms with E-state index in [1.165, 1.54) is 16.7 Å². The van der Waals surface area contributed by atoms with Gasteiger partial charge >= 0.3 is 0 Å². The van der Waals surface area contributed by atoms with Gasteiger partial charge in [-0.05, 0) is 67.7 Å². The number of carbonyl (C=O) groups excluding carboxylic acids is 2. The molecular weight excluding hydrogens is 260 g/mol. The van der Waals surface area contributed by atoms with Gasteiger partial charge in [0, 0.05) is 11.8 Å². The molecule has 112 valence electrons. The molecule has 2 nitrogen and oxygen atoms in total. The van der Waals surface area contributed by atoms with Gasteiger partial charge in [0.1, 0.15) is 5.78 Å². The molecule has 0 bridgehead atoms. The fourth-order valence-electron chi connectivity index (χ4n) is 4.54. The van der Waals surface area contributed by atoms with Gasteiger partial charge in [-0.2, -0.15) is 0 Å². The van der Waals surface area contributed by atoms with Crippen LogP contribution in [0.5, 0.6) is 0 Å². The summed E-state index contributed by atoms with van der Waals surface area (Å²) in [6.07, 6.45) is 10.8. The number of hydrogen-bond donors (Lipinski definition) is 0. The van der Waals surface area contributed by atoms with Gasteiger partial charge in [0.2, 0.25) is 0 Å². The Bertz CT molecular complexity index is 591. The van der Waals surface area contributed by atoms with Crippen molar-refractivity contribution in [3.63, 3.8) is 0 Å². The van der Waals surface area contributed by atoms with Crippen LogP contribution in [0.3, 0.4) is 0 Å². The minimum absolute atomic E-state index is 0.271. The maximum absolute atomic E-state index is 12.2. The molecule has 0 spiro atoms. The van der Waals surface area contributed by atoms with Crippen molar-refractivity contribution in [1.29, 1.82) is 0 Å². The smallest absolute Gasteiger partial charge is 0.156 e. The van der Waals surface area contributed by atoms with Gasteiger partial charge in [-0.25, -0.2) is 0 Å². The quantitative estimate of drug-likeness (QED) is 0.762. The molecule has 0 N–H and O–H groups in total. The first-order valence-electron chi connectivity index (χ1n) is 8.14. The molecular formula is C19H24O2. The Morgan fingerprint density at radius 1 is 1.33 bits per heavy atom. The van der Waals surface area contributed by atoms with E-state index in [4.69, 9.17) is 0 Å². The molecule has 0 saturated heterocycles. The predicted octanol–water partition coefficient (Wildman–Crippen LogP) is 4.17. The Hall–Kier alpha value is -1.44. The van der Waals surface area contributed by atoms with Crippen molar-refractivity contribution in [3.05, 3.63) is 34.9 Å². The maximum atomic E-state index is 12.2. The normalized spacial score (nSPS) is 35.2. The zero-order valence-corrected chi connectivity index (χ0v) is 13.2. The van der Waals surface area contributed by atoms with Gasteiger partial charge in [-0.1, -0.05) is 25.5 Å². The lowest BCUT2D eigenvalue weighted by Crippen LogP contribution is -2.41. The Morgan fingerprint density at radius 2 is 2.10 bits per heavy atom. The van der Waals surface area contributed by atoms with E-state index in [1.807, 2.05) is 6.08 Å². The average molecular weight is 284 g/mol. The van der Waals surface area contributed by atoms with Crippen molar-refractivity contribution >= 4 is 11.6 Å². The second kappa shape index (κ2) is 5.08. The average Bonchev–Trinajstić information content (AvgIpc) is 2.46. The van der Waals surface area contributed by atoms with Crippen molar-refractivity contribution in [1.82, 2.24) is 0 Å². The minimum atomic E-state index is -0.324. The summed E-state index contributed by atoms with van der Waals surface area (Å²) in [6.45, 7) is 6.01. The van der Waals surface area contributed by atoms with Crippen LogP contribution in [0.1, 0.15) is 52.9 Å². The van der Waals surface area contributed by atoms with Crippen molar-refractivity contribution < 1.29 is 9.59 Å². The van der Waals surface area contributed by atoms with Crippen molar-refractivity contribution in [2.75, 3.05) is 0 Å². The lowest BCUT2D eigenvalue weighted by molar-refractivity contribution is -0.127. The van der Waals surface area contributed by atoms with Crippen LogP contribution in [-0.2, 0) is 9.59 Å². The van der Waals surface area contributed by atoms with E-state index < -0.39 is 0 Å². The third kappa shape index (κ3) is 2.16. The molecule has 3 rings (SSSR count). The van der Waals surface area contributed by atoms with E-state index in [0.29, 0.717) is 18.3 Å². The van der Waals surface area contributed by atoms with Crippen LogP contribution in [-0.4, -0.2) is 11.6 Å². The summed E-state index contributed by atoms with van der Waals surface area (Å²) in [6, 6.07) is 0. The second-order valence-corrected chi connectivity index (χ2v) is 6.90. The monoisotopic (exact) mass is 284 g/mol. The van der Waals surface area contributed by atoms with Gasteiger partial charge < -0.3 is 0 Å². The predicted molar refractivity (Wildman–Crippen MR) is 83.8 cm³/mol. The minimum Gasteiger partial charge on any atom is -0.299 e. The van der Waals surface area contributed by atoms with Crippen molar-refractivity contribution in [2.45, 2.75) is 52.9 Å². The van der Waals surface area contributed by atoms with E-state index in [1.54, 1.807) is 6.92 Å². The molecule has 0 fully saturated rings. The largest absolute Gasteiger partial charge is 0.299 e. The highest BCUT2D eigenvalue weighted by atomic mass is 16.1. The summed E-state index contributed by atoms with van der Waals surface area (Å²) < 4.78 is 0. The number of Topliss-reactive ketones (excluding diaryl/α,β-unsaturated/α-hetero) is 1. The summed E-state index contributed by atoms with van der Waals surface area (Å²) >= 11 is 0. The molecule has 0 amide bonds. The molecule has 21 heavy (non-hydrogen) atoms.